The van der Waals surface area contributed by atoms with E-state index in [9.17, 15) is 0 Å². The zero-order valence-electron chi connectivity index (χ0n) is 15.8. The van der Waals surface area contributed by atoms with E-state index in [1.54, 1.807) is 0 Å². The van der Waals surface area contributed by atoms with Crippen LogP contribution < -0.4 is 10.6 Å². The molecule has 1 heterocycles. The van der Waals surface area contributed by atoms with Crippen molar-refractivity contribution >= 4 is 17.3 Å². The van der Waals surface area contributed by atoms with Crippen LogP contribution >= 0.6 is 0 Å². The molecule has 0 atom stereocenters. The predicted octanol–water partition coefficient (Wildman–Crippen LogP) is 2.82. The lowest BCUT2D eigenvalue weighted by Crippen LogP contribution is -2.19. The summed E-state index contributed by atoms with van der Waals surface area (Å²) in [6.07, 6.45) is 7.47. The second-order valence-electron chi connectivity index (χ2n) is 7.02. The fraction of sp³-hybridized carbons (Fsp3) is 0.824. The Morgan fingerprint density at radius 2 is 1.92 bits per heavy atom. The van der Waals surface area contributed by atoms with Gasteiger partial charge in [-0.05, 0) is 50.1 Å². The number of aromatic nitrogens is 2. The predicted molar refractivity (Wildman–Crippen MR) is 100 cm³/mol. The Labute approximate surface area is 150 Å². The molecule has 2 N–H and O–H groups in total. The number of rotatable bonds is 11. The summed E-state index contributed by atoms with van der Waals surface area (Å²) >= 11 is 0. The molecule has 1 aliphatic carbocycles. The van der Waals surface area contributed by atoms with Gasteiger partial charge >= 0.3 is 0 Å². The standard InChI is InChI=1S/C17H32N6O2/c1-14(13-23(2)3)20-24-11-7-10-18-16-17(22-25-21-16)19-12-15-8-5-4-6-9-15/h15H,4-13H2,1-3H3,(H,18,21)(H,19,22)/b20-14+. The molecule has 8 heteroatoms. The first-order chi connectivity index (χ1) is 12.1. The Bertz CT molecular complexity index is 511. The third-order valence-electron chi connectivity index (χ3n) is 4.24. The molecule has 8 nitrogen and oxygen atoms in total. The average Bonchev–Trinajstić information content (AvgIpc) is 3.04. The summed E-state index contributed by atoms with van der Waals surface area (Å²) in [5.41, 5.74) is 0.966. The molecule has 0 unspecified atom stereocenters. The van der Waals surface area contributed by atoms with E-state index in [4.69, 9.17) is 9.47 Å². The zero-order chi connectivity index (χ0) is 17.9. The lowest BCUT2D eigenvalue weighted by molar-refractivity contribution is 0.142. The summed E-state index contributed by atoms with van der Waals surface area (Å²) in [6.45, 7) is 5.00. The topological polar surface area (TPSA) is 87.8 Å². The fourth-order valence-corrected chi connectivity index (χ4v) is 3.04. The number of hydrogen-bond donors (Lipinski definition) is 2. The quantitative estimate of drug-likeness (QED) is 0.360. The maximum atomic E-state index is 5.32. The van der Waals surface area contributed by atoms with Crippen LogP contribution in [0.2, 0.25) is 0 Å². The summed E-state index contributed by atoms with van der Waals surface area (Å²) in [7, 11) is 4.02. The minimum absolute atomic E-state index is 0.563. The molecule has 0 saturated heterocycles. The molecular weight excluding hydrogens is 320 g/mol. The van der Waals surface area contributed by atoms with Crippen molar-refractivity contribution in [1.29, 1.82) is 0 Å². The SMILES string of the molecule is C/C(CN(C)C)=N\OCCCNc1nonc1NCC1CCCCC1. The summed E-state index contributed by atoms with van der Waals surface area (Å²) < 4.78 is 4.85. The van der Waals surface area contributed by atoms with Crippen LogP contribution in [0.15, 0.2) is 9.78 Å². The summed E-state index contributed by atoms with van der Waals surface area (Å²) in [5, 5.41) is 18.6. The number of oxime groups is 1. The van der Waals surface area contributed by atoms with Gasteiger partial charge in [0.15, 0.2) is 0 Å². The number of anilines is 2. The molecule has 0 aromatic carbocycles. The third-order valence-corrected chi connectivity index (χ3v) is 4.24. The van der Waals surface area contributed by atoms with E-state index < -0.39 is 0 Å². The van der Waals surface area contributed by atoms with Gasteiger partial charge in [0, 0.05) is 26.1 Å². The third kappa shape index (κ3) is 7.72. The zero-order valence-corrected chi connectivity index (χ0v) is 15.8. The van der Waals surface area contributed by atoms with Crippen LogP contribution in [0.3, 0.4) is 0 Å². The van der Waals surface area contributed by atoms with Gasteiger partial charge in [-0.15, -0.1) is 0 Å². The van der Waals surface area contributed by atoms with E-state index in [1.165, 1.54) is 32.1 Å². The molecule has 0 bridgehead atoms. The van der Waals surface area contributed by atoms with Gasteiger partial charge in [-0.3, -0.25) is 0 Å². The average molecular weight is 352 g/mol. The van der Waals surface area contributed by atoms with Crippen molar-refractivity contribution in [2.24, 2.45) is 11.1 Å². The molecular formula is C17H32N6O2. The molecule has 1 fully saturated rings. The molecule has 1 aliphatic rings. The second-order valence-corrected chi connectivity index (χ2v) is 7.02. The molecule has 1 aromatic rings. The van der Waals surface area contributed by atoms with Crippen molar-refractivity contribution in [1.82, 2.24) is 15.2 Å². The second kappa shape index (κ2) is 10.9. The van der Waals surface area contributed by atoms with Gasteiger partial charge in [-0.25, -0.2) is 4.63 Å². The molecule has 0 aliphatic heterocycles. The summed E-state index contributed by atoms with van der Waals surface area (Å²) in [6, 6.07) is 0. The summed E-state index contributed by atoms with van der Waals surface area (Å²) in [5.74, 6) is 2.10. The Hall–Kier alpha value is -1.83. The lowest BCUT2D eigenvalue weighted by Gasteiger charge is -2.21. The molecule has 2 rings (SSSR count). The molecule has 142 valence electrons. The molecule has 0 amide bonds. The van der Waals surface area contributed by atoms with Gasteiger partial charge in [0.25, 0.3) is 0 Å². The van der Waals surface area contributed by atoms with E-state index in [0.717, 1.165) is 37.7 Å². The smallest absolute Gasteiger partial charge is 0.215 e. The minimum Gasteiger partial charge on any atom is -0.396 e. The lowest BCUT2D eigenvalue weighted by atomic mass is 9.89. The highest BCUT2D eigenvalue weighted by molar-refractivity contribution is 5.83. The van der Waals surface area contributed by atoms with Gasteiger partial charge in [0.2, 0.25) is 11.6 Å². The molecule has 0 spiro atoms. The monoisotopic (exact) mass is 352 g/mol. The van der Waals surface area contributed by atoms with Crippen molar-refractivity contribution in [2.45, 2.75) is 45.4 Å². The number of hydrogen-bond acceptors (Lipinski definition) is 8. The van der Waals surface area contributed by atoms with Crippen LogP contribution in [-0.4, -0.2) is 61.3 Å². The van der Waals surface area contributed by atoms with Crippen LogP contribution in [0.4, 0.5) is 11.6 Å². The van der Waals surface area contributed by atoms with Crippen molar-refractivity contribution < 1.29 is 9.47 Å². The van der Waals surface area contributed by atoms with E-state index >= 15 is 0 Å². The van der Waals surface area contributed by atoms with Gasteiger partial charge in [-0.1, -0.05) is 24.4 Å². The van der Waals surface area contributed by atoms with Gasteiger partial charge in [-0.2, -0.15) is 0 Å². The first kappa shape index (κ1) is 19.5. The van der Waals surface area contributed by atoms with Gasteiger partial charge in [0.1, 0.15) is 6.61 Å². The highest BCUT2D eigenvalue weighted by Gasteiger charge is 2.15. The highest BCUT2D eigenvalue weighted by Crippen LogP contribution is 2.24. The Balaban J connectivity index is 1.60. The molecule has 1 saturated carbocycles. The van der Waals surface area contributed by atoms with E-state index in [2.05, 4.69) is 31.0 Å². The van der Waals surface area contributed by atoms with Crippen LogP contribution in [0.25, 0.3) is 0 Å². The number of nitrogens with one attached hydrogen (secondary N) is 2. The van der Waals surface area contributed by atoms with E-state index in [-0.39, 0.29) is 0 Å². The highest BCUT2D eigenvalue weighted by atomic mass is 16.6. The maximum absolute atomic E-state index is 5.32. The Kier molecular flexibility index (Phi) is 8.51. The van der Waals surface area contributed by atoms with Crippen molar-refractivity contribution in [3.63, 3.8) is 0 Å². The van der Waals surface area contributed by atoms with Gasteiger partial charge < -0.3 is 20.4 Å². The fourth-order valence-electron chi connectivity index (χ4n) is 3.04. The van der Waals surface area contributed by atoms with Crippen molar-refractivity contribution in [3.8, 4) is 0 Å². The Morgan fingerprint density at radius 3 is 2.64 bits per heavy atom. The van der Waals surface area contributed by atoms with Crippen molar-refractivity contribution in [2.75, 3.05) is 51.0 Å². The van der Waals surface area contributed by atoms with Crippen LogP contribution in [0.5, 0.6) is 0 Å². The number of nitrogens with zero attached hydrogens (tertiary/aromatic N) is 4. The van der Waals surface area contributed by atoms with Crippen LogP contribution in [-0.2, 0) is 4.84 Å². The largest absolute Gasteiger partial charge is 0.396 e. The van der Waals surface area contributed by atoms with Crippen molar-refractivity contribution in [3.05, 3.63) is 0 Å². The van der Waals surface area contributed by atoms with E-state index in [1.807, 2.05) is 21.0 Å². The minimum atomic E-state index is 0.563. The normalized spacial score (nSPS) is 16.2. The molecule has 25 heavy (non-hydrogen) atoms. The van der Waals surface area contributed by atoms with Crippen LogP contribution in [0.1, 0.15) is 45.4 Å². The van der Waals surface area contributed by atoms with E-state index in [0.29, 0.717) is 18.2 Å². The summed E-state index contributed by atoms with van der Waals surface area (Å²) in [4.78, 5) is 7.38. The Morgan fingerprint density at radius 1 is 1.20 bits per heavy atom. The molecule has 0 radical (unpaired) electrons. The van der Waals surface area contributed by atoms with Gasteiger partial charge in [0.05, 0.1) is 5.71 Å². The maximum Gasteiger partial charge on any atom is 0.215 e. The first-order valence-corrected chi connectivity index (χ1v) is 9.25. The first-order valence-electron chi connectivity index (χ1n) is 9.25. The molecule has 1 aromatic heterocycles. The van der Waals surface area contributed by atoms with Crippen LogP contribution in [0, 0.1) is 5.92 Å².